The van der Waals surface area contributed by atoms with E-state index in [1.165, 1.54) is 5.56 Å². The van der Waals surface area contributed by atoms with Crippen LogP contribution < -0.4 is 0 Å². The summed E-state index contributed by atoms with van der Waals surface area (Å²) in [6.07, 6.45) is 2.89. The summed E-state index contributed by atoms with van der Waals surface area (Å²) in [7, 11) is 0. The van der Waals surface area contributed by atoms with Gasteiger partial charge in [0.1, 0.15) is 5.75 Å². The van der Waals surface area contributed by atoms with Crippen molar-refractivity contribution in [3.63, 3.8) is 0 Å². The molecule has 1 fully saturated rings. The van der Waals surface area contributed by atoms with Crippen molar-refractivity contribution in [2.75, 3.05) is 6.61 Å². The number of ether oxygens (including phenoxy) is 1. The van der Waals surface area contributed by atoms with E-state index in [2.05, 4.69) is 0 Å². The van der Waals surface area contributed by atoms with Crippen LogP contribution in [0.5, 0.6) is 5.75 Å². The minimum atomic E-state index is -0.0799. The third-order valence-electron chi connectivity index (χ3n) is 4.12. The molecular formula is C14H16O3. The molecule has 2 aliphatic rings. The zero-order valence-electron chi connectivity index (χ0n) is 9.90. The minimum Gasteiger partial charge on any atom is -0.508 e. The van der Waals surface area contributed by atoms with Crippen LogP contribution in [0.15, 0.2) is 18.2 Å². The van der Waals surface area contributed by atoms with Crippen molar-refractivity contribution in [2.24, 2.45) is 5.92 Å². The summed E-state index contributed by atoms with van der Waals surface area (Å²) < 4.78 is 5.10. The molecule has 0 aromatic heterocycles. The van der Waals surface area contributed by atoms with Gasteiger partial charge in [0.2, 0.25) is 0 Å². The fraction of sp³-hybridized carbons (Fsp3) is 0.500. The molecule has 1 N–H and O–H groups in total. The number of carbonyl (C=O) groups excluding carboxylic acids is 1. The number of rotatable bonds is 2. The second kappa shape index (κ2) is 3.49. The summed E-state index contributed by atoms with van der Waals surface area (Å²) in [5.74, 6) is 0.216. The Kier molecular flexibility index (Phi) is 2.18. The summed E-state index contributed by atoms with van der Waals surface area (Å²) in [5.41, 5.74) is 2.41. The second-order valence-electron chi connectivity index (χ2n) is 5.01. The Morgan fingerprint density at radius 2 is 2.41 bits per heavy atom. The summed E-state index contributed by atoms with van der Waals surface area (Å²) in [4.78, 5) is 11.8. The van der Waals surface area contributed by atoms with Gasteiger partial charge in [0.05, 0.1) is 12.5 Å². The average molecular weight is 232 g/mol. The Morgan fingerprint density at radius 1 is 1.59 bits per heavy atom. The van der Waals surface area contributed by atoms with E-state index in [0.717, 1.165) is 24.8 Å². The molecule has 3 rings (SSSR count). The van der Waals surface area contributed by atoms with Gasteiger partial charge in [-0.25, -0.2) is 0 Å². The normalized spacial score (nSPS) is 29.1. The zero-order chi connectivity index (χ0) is 12.0. The van der Waals surface area contributed by atoms with Gasteiger partial charge in [-0.2, -0.15) is 0 Å². The first-order valence-electron chi connectivity index (χ1n) is 6.16. The highest BCUT2D eigenvalue weighted by atomic mass is 16.5. The third-order valence-corrected chi connectivity index (χ3v) is 4.12. The van der Waals surface area contributed by atoms with Crippen LogP contribution in [0.3, 0.4) is 0 Å². The second-order valence-corrected chi connectivity index (χ2v) is 5.01. The number of aromatic hydroxyl groups is 1. The number of aryl methyl sites for hydroxylation is 1. The van der Waals surface area contributed by atoms with Crippen molar-refractivity contribution in [3.05, 3.63) is 29.3 Å². The van der Waals surface area contributed by atoms with Crippen LogP contribution in [0.1, 0.15) is 30.9 Å². The summed E-state index contributed by atoms with van der Waals surface area (Å²) in [6, 6.07) is 5.51. The highest BCUT2D eigenvalue weighted by Crippen LogP contribution is 2.62. The van der Waals surface area contributed by atoms with E-state index in [4.69, 9.17) is 4.74 Å². The quantitative estimate of drug-likeness (QED) is 0.795. The molecule has 0 heterocycles. The van der Waals surface area contributed by atoms with Crippen molar-refractivity contribution < 1.29 is 14.6 Å². The number of hydrogen-bond donors (Lipinski definition) is 1. The maximum atomic E-state index is 11.8. The zero-order valence-corrected chi connectivity index (χ0v) is 9.90. The van der Waals surface area contributed by atoms with Crippen molar-refractivity contribution >= 4 is 5.97 Å². The van der Waals surface area contributed by atoms with Crippen LogP contribution in [0.4, 0.5) is 0 Å². The highest BCUT2D eigenvalue weighted by molar-refractivity contribution is 5.80. The molecule has 2 aliphatic carbocycles. The third kappa shape index (κ3) is 1.45. The largest absolute Gasteiger partial charge is 0.508 e. The van der Waals surface area contributed by atoms with Gasteiger partial charge >= 0.3 is 5.97 Å². The van der Waals surface area contributed by atoms with E-state index < -0.39 is 0 Å². The van der Waals surface area contributed by atoms with Crippen LogP contribution in [0, 0.1) is 5.92 Å². The molecule has 0 saturated heterocycles. The van der Waals surface area contributed by atoms with E-state index in [-0.39, 0.29) is 17.3 Å². The van der Waals surface area contributed by atoms with Crippen LogP contribution in [0.25, 0.3) is 0 Å². The standard InChI is InChI=1S/C14H16O3/c1-2-17-13(16)12-8-14(12)6-5-9-3-4-10(15)7-11(9)14/h3-4,7,12,15H,2,5-6,8H2,1H3. The van der Waals surface area contributed by atoms with Gasteiger partial charge in [0.25, 0.3) is 0 Å². The predicted octanol–water partition coefficient (Wildman–Crippen LogP) is 2.16. The van der Waals surface area contributed by atoms with Crippen molar-refractivity contribution in [1.29, 1.82) is 0 Å². The van der Waals surface area contributed by atoms with Gasteiger partial charge in [-0.3, -0.25) is 4.79 Å². The van der Waals surface area contributed by atoms with Gasteiger partial charge < -0.3 is 9.84 Å². The Morgan fingerprint density at radius 3 is 3.18 bits per heavy atom. The average Bonchev–Trinajstić information content (AvgIpc) is 2.93. The Labute approximate surface area is 100 Å². The van der Waals surface area contributed by atoms with Crippen LogP contribution in [-0.2, 0) is 21.4 Å². The molecule has 3 nitrogen and oxygen atoms in total. The molecule has 0 radical (unpaired) electrons. The lowest BCUT2D eigenvalue weighted by atomic mass is 9.95. The van der Waals surface area contributed by atoms with Crippen LogP contribution >= 0.6 is 0 Å². The molecule has 1 spiro atoms. The SMILES string of the molecule is CCOC(=O)C1CC12CCc1ccc(O)cc12. The molecule has 2 atom stereocenters. The molecule has 0 amide bonds. The minimum absolute atomic E-state index is 0.00509. The van der Waals surface area contributed by atoms with E-state index in [1.807, 2.05) is 19.1 Å². The van der Waals surface area contributed by atoms with E-state index in [1.54, 1.807) is 6.07 Å². The maximum absolute atomic E-state index is 11.8. The Bertz CT molecular complexity index is 480. The molecule has 1 aromatic rings. The molecule has 3 heteroatoms. The van der Waals surface area contributed by atoms with Gasteiger partial charge in [0, 0.05) is 5.41 Å². The molecule has 0 bridgehead atoms. The lowest BCUT2D eigenvalue weighted by Crippen LogP contribution is -2.15. The number of esters is 1. The van der Waals surface area contributed by atoms with Gasteiger partial charge in [-0.15, -0.1) is 0 Å². The van der Waals surface area contributed by atoms with Crippen LogP contribution in [0.2, 0.25) is 0 Å². The molecular weight excluding hydrogens is 216 g/mol. The predicted molar refractivity (Wildman–Crippen MR) is 62.8 cm³/mol. The smallest absolute Gasteiger partial charge is 0.309 e. The van der Waals surface area contributed by atoms with Crippen LogP contribution in [-0.4, -0.2) is 17.7 Å². The van der Waals surface area contributed by atoms with Crippen molar-refractivity contribution in [2.45, 2.75) is 31.6 Å². The number of phenolic OH excluding ortho intramolecular Hbond substituents is 1. The lowest BCUT2D eigenvalue weighted by molar-refractivity contribution is -0.145. The first kappa shape index (κ1) is 10.6. The molecule has 2 unspecified atom stereocenters. The Hall–Kier alpha value is -1.51. The van der Waals surface area contributed by atoms with Crippen molar-refractivity contribution in [1.82, 2.24) is 0 Å². The molecule has 0 aliphatic heterocycles. The van der Waals surface area contributed by atoms with Crippen molar-refractivity contribution in [3.8, 4) is 5.75 Å². The number of carbonyl (C=O) groups is 1. The lowest BCUT2D eigenvalue weighted by Gasteiger charge is -2.11. The Balaban J connectivity index is 1.90. The van der Waals surface area contributed by atoms with E-state index in [9.17, 15) is 9.90 Å². The summed E-state index contributed by atoms with van der Waals surface area (Å²) in [5, 5.41) is 9.57. The van der Waals surface area contributed by atoms with Gasteiger partial charge in [-0.1, -0.05) is 6.07 Å². The number of benzene rings is 1. The topological polar surface area (TPSA) is 46.5 Å². The molecule has 1 aromatic carbocycles. The summed E-state index contributed by atoms with van der Waals surface area (Å²) >= 11 is 0. The molecule has 90 valence electrons. The van der Waals surface area contributed by atoms with Gasteiger partial charge in [-0.05, 0) is 49.4 Å². The fourth-order valence-corrected chi connectivity index (χ4v) is 3.17. The monoisotopic (exact) mass is 232 g/mol. The molecule has 1 saturated carbocycles. The fourth-order valence-electron chi connectivity index (χ4n) is 3.17. The highest BCUT2D eigenvalue weighted by Gasteiger charge is 2.62. The number of fused-ring (bicyclic) bond motifs is 2. The first-order chi connectivity index (χ1) is 8.17. The van der Waals surface area contributed by atoms with E-state index >= 15 is 0 Å². The van der Waals surface area contributed by atoms with E-state index in [0.29, 0.717) is 12.4 Å². The summed E-state index contributed by atoms with van der Waals surface area (Å²) in [6.45, 7) is 2.28. The maximum Gasteiger partial charge on any atom is 0.309 e. The first-order valence-corrected chi connectivity index (χ1v) is 6.16. The molecule has 17 heavy (non-hydrogen) atoms. The number of phenols is 1. The van der Waals surface area contributed by atoms with Gasteiger partial charge in [0.15, 0.2) is 0 Å². The number of hydrogen-bond acceptors (Lipinski definition) is 3.